The van der Waals surface area contributed by atoms with Crippen LogP contribution in [0.4, 0.5) is 5.69 Å². The van der Waals surface area contributed by atoms with Gasteiger partial charge in [-0.05, 0) is 36.8 Å². The number of anilines is 1. The van der Waals surface area contributed by atoms with Gasteiger partial charge in [-0.2, -0.15) is 5.10 Å². The number of H-pyrrole nitrogens is 1. The highest BCUT2D eigenvalue weighted by molar-refractivity contribution is 5.68. The van der Waals surface area contributed by atoms with Crippen molar-refractivity contribution in [3.8, 4) is 11.3 Å². The molecule has 1 aliphatic carbocycles. The number of nitrogens with one attached hydrogen (secondary N) is 2. The number of fused-ring (bicyclic) bond motifs is 1. The van der Waals surface area contributed by atoms with E-state index in [1.165, 1.54) is 23.2 Å². The molecule has 0 spiro atoms. The fraction of sp³-hybridized carbons (Fsp3) is 0.438. The molecule has 3 nitrogen and oxygen atoms in total. The minimum atomic E-state index is 0.392. The Bertz CT molecular complexity index is 596. The number of benzene rings is 1. The summed E-state index contributed by atoms with van der Waals surface area (Å²) in [6, 6.07) is 8.45. The van der Waals surface area contributed by atoms with Gasteiger partial charge in [-0.15, -0.1) is 0 Å². The lowest BCUT2D eigenvalue weighted by Gasteiger charge is -2.29. The lowest BCUT2D eigenvalue weighted by atomic mass is 9.76. The summed E-state index contributed by atoms with van der Waals surface area (Å²) in [5, 5.41) is 11.0. The molecule has 2 N–H and O–H groups in total. The quantitative estimate of drug-likeness (QED) is 0.860. The molecule has 1 heterocycles. The van der Waals surface area contributed by atoms with E-state index in [1.54, 1.807) is 0 Å². The highest BCUT2D eigenvalue weighted by Gasteiger charge is 2.28. The minimum absolute atomic E-state index is 0.392. The van der Waals surface area contributed by atoms with Crippen LogP contribution < -0.4 is 5.32 Å². The summed E-state index contributed by atoms with van der Waals surface area (Å²) in [5.74, 6) is 0. The molecule has 3 heteroatoms. The molecule has 0 fully saturated rings. The van der Waals surface area contributed by atoms with Crippen LogP contribution >= 0.6 is 0 Å². The van der Waals surface area contributed by atoms with Crippen molar-refractivity contribution in [3.63, 3.8) is 0 Å². The standard InChI is InChI=1S/C16H21N3/c1-16(2)8-7-13-14(10-16)18-19-15(13)11-5-4-6-12(9-11)17-3/h4-6,9,17H,7-8,10H2,1-3H3,(H,18,19). The smallest absolute Gasteiger partial charge is 0.0956 e. The molecule has 0 atom stereocenters. The maximum atomic E-state index is 4.56. The molecule has 0 unspecified atom stereocenters. The summed E-state index contributed by atoms with van der Waals surface area (Å²) in [7, 11) is 1.95. The first-order valence-corrected chi connectivity index (χ1v) is 6.93. The zero-order valence-electron chi connectivity index (χ0n) is 11.9. The van der Waals surface area contributed by atoms with E-state index in [2.05, 4.69) is 53.6 Å². The fourth-order valence-corrected chi connectivity index (χ4v) is 2.91. The van der Waals surface area contributed by atoms with Crippen molar-refractivity contribution in [2.24, 2.45) is 5.41 Å². The first-order chi connectivity index (χ1) is 9.09. The molecular formula is C16H21N3. The number of aromatic amines is 1. The van der Waals surface area contributed by atoms with Crippen LogP contribution in [0.1, 0.15) is 31.5 Å². The lowest BCUT2D eigenvalue weighted by Crippen LogP contribution is -2.21. The largest absolute Gasteiger partial charge is 0.388 e. The normalized spacial score (nSPS) is 17.0. The van der Waals surface area contributed by atoms with Crippen LogP contribution in [0.15, 0.2) is 24.3 Å². The first kappa shape index (κ1) is 12.3. The molecular weight excluding hydrogens is 234 g/mol. The van der Waals surface area contributed by atoms with Crippen molar-refractivity contribution in [2.45, 2.75) is 33.1 Å². The molecule has 0 saturated heterocycles. The lowest BCUT2D eigenvalue weighted by molar-refractivity contribution is 0.312. The van der Waals surface area contributed by atoms with Crippen LogP contribution in [0.25, 0.3) is 11.3 Å². The van der Waals surface area contributed by atoms with Crippen molar-refractivity contribution >= 4 is 5.69 Å². The molecule has 0 saturated carbocycles. The molecule has 0 amide bonds. The minimum Gasteiger partial charge on any atom is -0.388 e. The molecule has 19 heavy (non-hydrogen) atoms. The van der Waals surface area contributed by atoms with Crippen molar-refractivity contribution in [1.29, 1.82) is 0 Å². The Morgan fingerprint density at radius 2 is 2.16 bits per heavy atom. The molecule has 1 aromatic carbocycles. The summed E-state index contributed by atoms with van der Waals surface area (Å²) >= 11 is 0. The SMILES string of the molecule is CNc1cccc(-c2n[nH]c3c2CCC(C)(C)C3)c1. The highest BCUT2D eigenvalue weighted by atomic mass is 15.1. The van der Waals surface area contributed by atoms with Crippen LogP contribution in [0.2, 0.25) is 0 Å². The number of nitrogens with zero attached hydrogens (tertiary/aromatic N) is 1. The van der Waals surface area contributed by atoms with Gasteiger partial charge < -0.3 is 5.32 Å². The van der Waals surface area contributed by atoms with Gasteiger partial charge in [0, 0.05) is 29.6 Å². The van der Waals surface area contributed by atoms with E-state index in [9.17, 15) is 0 Å². The first-order valence-electron chi connectivity index (χ1n) is 6.93. The summed E-state index contributed by atoms with van der Waals surface area (Å²) in [5.41, 5.74) is 6.58. The third-order valence-corrected chi connectivity index (χ3v) is 4.08. The Labute approximate surface area is 114 Å². The summed E-state index contributed by atoms with van der Waals surface area (Å²) in [4.78, 5) is 0. The van der Waals surface area contributed by atoms with Gasteiger partial charge in [-0.3, -0.25) is 5.10 Å². The summed E-state index contributed by atoms with van der Waals surface area (Å²) in [6.45, 7) is 4.66. The van der Waals surface area contributed by atoms with Crippen LogP contribution in [0.5, 0.6) is 0 Å². The van der Waals surface area contributed by atoms with Crippen molar-refractivity contribution in [1.82, 2.24) is 10.2 Å². The zero-order chi connectivity index (χ0) is 13.5. The molecule has 0 aliphatic heterocycles. The molecule has 1 aliphatic rings. The third-order valence-electron chi connectivity index (χ3n) is 4.08. The second-order valence-electron chi connectivity index (χ2n) is 6.20. The number of hydrogen-bond donors (Lipinski definition) is 2. The van der Waals surface area contributed by atoms with Crippen molar-refractivity contribution in [2.75, 3.05) is 12.4 Å². The fourth-order valence-electron chi connectivity index (χ4n) is 2.91. The van der Waals surface area contributed by atoms with Gasteiger partial charge in [0.15, 0.2) is 0 Å². The van der Waals surface area contributed by atoms with E-state index < -0.39 is 0 Å². The van der Waals surface area contributed by atoms with Crippen molar-refractivity contribution < 1.29 is 0 Å². The predicted molar refractivity (Wildman–Crippen MR) is 79.4 cm³/mol. The van der Waals surface area contributed by atoms with Crippen LogP contribution in [0.3, 0.4) is 0 Å². The van der Waals surface area contributed by atoms with E-state index in [0.29, 0.717) is 5.41 Å². The van der Waals surface area contributed by atoms with Gasteiger partial charge in [0.05, 0.1) is 5.69 Å². The Balaban J connectivity index is 2.01. The van der Waals surface area contributed by atoms with Crippen LogP contribution in [-0.2, 0) is 12.8 Å². The van der Waals surface area contributed by atoms with Gasteiger partial charge in [0.1, 0.15) is 0 Å². The topological polar surface area (TPSA) is 40.7 Å². The summed E-state index contributed by atoms with van der Waals surface area (Å²) < 4.78 is 0. The zero-order valence-corrected chi connectivity index (χ0v) is 11.9. The third kappa shape index (κ3) is 2.25. The van der Waals surface area contributed by atoms with Gasteiger partial charge in [-0.1, -0.05) is 26.0 Å². The van der Waals surface area contributed by atoms with Gasteiger partial charge in [-0.25, -0.2) is 0 Å². The van der Waals surface area contributed by atoms with Crippen LogP contribution in [-0.4, -0.2) is 17.2 Å². The molecule has 100 valence electrons. The van der Waals surface area contributed by atoms with Gasteiger partial charge >= 0.3 is 0 Å². The average molecular weight is 255 g/mol. The van der Waals surface area contributed by atoms with E-state index >= 15 is 0 Å². The van der Waals surface area contributed by atoms with E-state index in [-0.39, 0.29) is 0 Å². The van der Waals surface area contributed by atoms with E-state index in [1.807, 2.05) is 7.05 Å². The number of aromatic nitrogens is 2. The molecule has 0 bridgehead atoms. The van der Waals surface area contributed by atoms with Gasteiger partial charge in [0.25, 0.3) is 0 Å². The van der Waals surface area contributed by atoms with E-state index in [4.69, 9.17) is 0 Å². The van der Waals surface area contributed by atoms with Gasteiger partial charge in [0.2, 0.25) is 0 Å². The highest BCUT2D eigenvalue weighted by Crippen LogP contribution is 2.37. The maximum absolute atomic E-state index is 4.56. The number of rotatable bonds is 2. The predicted octanol–water partition coefficient (Wildman–Crippen LogP) is 3.63. The molecule has 3 rings (SSSR count). The Hall–Kier alpha value is -1.77. The second kappa shape index (κ2) is 4.41. The Morgan fingerprint density at radius 1 is 1.32 bits per heavy atom. The average Bonchev–Trinajstić information content (AvgIpc) is 2.80. The molecule has 2 aromatic rings. The van der Waals surface area contributed by atoms with Crippen molar-refractivity contribution in [3.05, 3.63) is 35.5 Å². The monoisotopic (exact) mass is 255 g/mol. The second-order valence-corrected chi connectivity index (χ2v) is 6.20. The molecule has 0 radical (unpaired) electrons. The van der Waals surface area contributed by atoms with E-state index in [0.717, 1.165) is 24.2 Å². The Kier molecular flexibility index (Phi) is 2.85. The number of hydrogen-bond acceptors (Lipinski definition) is 2. The Morgan fingerprint density at radius 3 is 2.95 bits per heavy atom. The molecule has 1 aromatic heterocycles. The van der Waals surface area contributed by atoms with Crippen LogP contribution in [0, 0.1) is 5.41 Å². The maximum Gasteiger partial charge on any atom is 0.0956 e. The summed E-state index contributed by atoms with van der Waals surface area (Å²) in [6.07, 6.45) is 3.46.